The molecular weight excluding hydrogens is 606 g/mol. The molecule has 202 valence electrons. The number of pyridine rings is 2. The Morgan fingerprint density at radius 3 is 2.38 bits per heavy atom. The van der Waals surface area contributed by atoms with Gasteiger partial charge >= 0.3 is 0 Å². The van der Waals surface area contributed by atoms with E-state index >= 15 is 0 Å². The van der Waals surface area contributed by atoms with Crippen molar-refractivity contribution in [1.29, 1.82) is 0 Å². The molecule has 6 rings (SSSR count). The van der Waals surface area contributed by atoms with Gasteiger partial charge in [0, 0.05) is 45.1 Å². The van der Waals surface area contributed by atoms with Gasteiger partial charge in [-0.2, -0.15) is 0 Å². The molecule has 0 aliphatic rings. The normalized spacial score (nSPS) is 13.2. The number of aliphatic hydroxyl groups is 2. The van der Waals surface area contributed by atoms with Crippen molar-refractivity contribution >= 4 is 38.8 Å². The van der Waals surface area contributed by atoms with Gasteiger partial charge in [-0.3, -0.25) is 4.40 Å². The molecule has 7 nitrogen and oxygen atoms in total. The number of hydrogen-bond donors (Lipinski definition) is 2. The van der Waals surface area contributed by atoms with E-state index in [0.29, 0.717) is 33.3 Å². The summed E-state index contributed by atoms with van der Waals surface area (Å²) in [6.07, 6.45) is 0.100. The molecule has 0 saturated carbocycles. The number of benzene rings is 2. The Labute approximate surface area is 240 Å². The minimum atomic E-state index is -1.63. The Balaban J connectivity index is 1.58. The SMILES string of the molecule is COc1cccc(-c2nc3ccc(Br)cn3c2C(O)C(O)c2c(-c3ccc(F)cc3F)nc3cc(Cl)ccn23)c1. The van der Waals surface area contributed by atoms with Crippen molar-refractivity contribution in [3.05, 3.63) is 112 Å². The highest BCUT2D eigenvalue weighted by Crippen LogP contribution is 2.41. The van der Waals surface area contributed by atoms with E-state index < -0.39 is 23.8 Å². The first-order valence-electron chi connectivity index (χ1n) is 12.1. The van der Waals surface area contributed by atoms with Crippen LogP contribution in [0.15, 0.2) is 83.6 Å². The Kier molecular flexibility index (Phi) is 6.79. The fourth-order valence-electron chi connectivity index (χ4n) is 4.80. The van der Waals surface area contributed by atoms with Gasteiger partial charge in [0.05, 0.1) is 29.9 Å². The van der Waals surface area contributed by atoms with Gasteiger partial charge < -0.3 is 19.4 Å². The largest absolute Gasteiger partial charge is 0.497 e. The molecular formula is C29H20BrClF2N4O3. The molecule has 0 amide bonds. The van der Waals surface area contributed by atoms with E-state index in [2.05, 4.69) is 20.9 Å². The lowest BCUT2D eigenvalue weighted by atomic mass is 9.98. The molecule has 0 aliphatic heterocycles. The van der Waals surface area contributed by atoms with Gasteiger partial charge in [0.25, 0.3) is 0 Å². The number of hydrogen-bond acceptors (Lipinski definition) is 5. The standard InChI is InChI=1S/C29H20BrClF2N4O3/c1-40-19-4-2-3-15(11-19)24-26(37-14-16(30)5-8-22(37)34-24)28(38)29(39)27-25(20-7-6-18(32)13-21(20)33)35-23-12-17(31)9-10-36(23)27/h2-14,28-29,38-39H,1H3. The third-order valence-corrected chi connectivity index (χ3v) is 7.34. The van der Waals surface area contributed by atoms with E-state index in [4.69, 9.17) is 21.3 Å². The van der Waals surface area contributed by atoms with Gasteiger partial charge in [-0.1, -0.05) is 23.7 Å². The van der Waals surface area contributed by atoms with E-state index in [0.717, 1.165) is 16.6 Å². The van der Waals surface area contributed by atoms with Crippen molar-refractivity contribution in [1.82, 2.24) is 18.8 Å². The zero-order valence-corrected chi connectivity index (χ0v) is 23.1. The lowest BCUT2D eigenvalue weighted by molar-refractivity contribution is 0.0118. The molecule has 4 aromatic heterocycles. The summed E-state index contributed by atoms with van der Waals surface area (Å²) in [4.78, 5) is 9.23. The van der Waals surface area contributed by atoms with Gasteiger partial charge in [0.15, 0.2) is 0 Å². The van der Waals surface area contributed by atoms with Gasteiger partial charge in [-0.05, 0) is 58.4 Å². The topological polar surface area (TPSA) is 84.3 Å². The second-order valence-electron chi connectivity index (χ2n) is 9.09. The van der Waals surface area contributed by atoms with E-state index in [1.807, 2.05) is 12.1 Å². The maximum Gasteiger partial charge on any atom is 0.139 e. The zero-order valence-electron chi connectivity index (χ0n) is 20.8. The number of methoxy groups -OCH3 is 1. The summed E-state index contributed by atoms with van der Waals surface area (Å²) < 4.78 is 38.0. The molecule has 0 bridgehead atoms. The van der Waals surface area contributed by atoms with Crippen LogP contribution in [-0.2, 0) is 0 Å². The number of nitrogens with zero attached hydrogens (tertiary/aromatic N) is 4. The predicted octanol–water partition coefficient (Wildman–Crippen LogP) is 6.79. The van der Waals surface area contributed by atoms with Crippen LogP contribution >= 0.6 is 27.5 Å². The van der Waals surface area contributed by atoms with Crippen LogP contribution in [0.25, 0.3) is 33.8 Å². The number of ether oxygens (including phenoxy) is 1. The van der Waals surface area contributed by atoms with E-state index in [9.17, 15) is 19.0 Å². The van der Waals surface area contributed by atoms with Gasteiger partial charge in [-0.25, -0.2) is 18.7 Å². The average Bonchev–Trinajstić information content (AvgIpc) is 3.50. The van der Waals surface area contributed by atoms with Gasteiger partial charge in [0.1, 0.15) is 40.9 Å². The van der Waals surface area contributed by atoms with Crippen molar-refractivity contribution < 1.29 is 23.7 Å². The van der Waals surface area contributed by atoms with Crippen molar-refractivity contribution in [2.24, 2.45) is 0 Å². The maximum absolute atomic E-state index is 15.0. The monoisotopic (exact) mass is 624 g/mol. The molecule has 0 fully saturated rings. The smallest absolute Gasteiger partial charge is 0.139 e. The zero-order chi connectivity index (χ0) is 28.1. The molecule has 0 saturated heterocycles. The Morgan fingerprint density at radius 2 is 1.62 bits per heavy atom. The van der Waals surface area contributed by atoms with Crippen LogP contribution in [-0.4, -0.2) is 36.1 Å². The molecule has 0 radical (unpaired) electrons. The van der Waals surface area contributed by atoms with Crippen LogP contribution in [0.4, 0.5) is 8.78 Å². The van der Waals surface area contributed by atoms with Crippen molar-refractivity contribution in [3.8, 4) is 28.3 Å². The highest BCUT2D eigenvalue weighted by molar-refractivity contribution is 9.10. The van der Waals surface area contributed by atoms with E-state index in [-0.39, 0.29) is 22.6 Å². The number of imidazole rings is 2. The van der Waals surface area contributed by atoms with Crippen molar-refractivity contribution in [3.63, 3.8) is 0 Å². The number of fused-ring (bicyclic) bond motifs is 2. The quantitative estimate of drug-likeness (QED) is 0.213. The van der Waals surface area contributed by atoms with Gasteiger partial charge in [0.2, 0.25) is 0 Å². The Morgan fingerprint density at radius 1 is 0.875 bits per heavy atom. The number of aromatic nitrogens is 4. The summed E-state index contributed by atoms with van der Waals surface area (Å²) in [5.74, 6) is -1.04. The van der Waals surface area contributed by atoms with Gasteiger partial charge in [-0.15, -0.1) is 0 Å². The van der Waals surface area contributed by atoms with Crippen LogP contribution in [0, 0.1) is 11.6 Å². The average molecular weight is 626 g/mol. The predicted molar refractivity (Wildman–Crippen MR) is 150 cm³/mol. The number of aliphatic hydroxyl groups excluding tert-OH is 2. The fourth-order valence-corrected chi connectivity index (χ4v) is 5.29. The molecule has 40 heavy (non-hydrogen) atoms. The molecule has 11 heteroatoms. The molecule has 0 aliphatic carbocycles. The first-order valence-corrected chi connectivity index (χ1v) is 13.2. The van der Waals surface area contributed by atoms with Crippen molar-refractivity contribution in [2.45, 2.75) is 12.2 Å². The lowest BCUT2D eigenvalue weighted by Gasteiger charge is -2.21. The summed E-state index contributed by atoms with van der Waals surface area (Å²) in [5, 5.41) is 24.0. The molecule has 2 unspecified atom stereocenters. The fraction of sp³-hybridized carbons (Fsp3) is 0.103. The highest BCUT2D eigenvalue weighted by atomic mass is 79.9. The molecule has 2 N–H and O–H groups in total. The third-order valence-electron chi connectivity index (χ3n) is 6.63. The van der Waals surface area contributed by atoms with Crippen LogP contribution in [0.1, 0.15) is 23.6 Å². The number of halogens is 4. The molecule has 0 spiro atoms. The highest BCUT2D eigenvalue weighted by Gasteiger charge is 2.33. The minimum Gasteiger partial charge on any atom is -0.497 e. The van der Waals surface area contributed by atoms with Crippen LogP contribution in [0.3, 0.4) is 0 Å². The maximum atomic E-state index is 15.0. The third kappa shape index (κ3) is 4.52. The molecule has 2 aromatic carbocycles. The second kappa shape index (κ2) is 10.3. The van der Waals surface area contributed by atoms with Crippen LogP contribution in [0.2, 0.25) is 5.02 Å². The van der Waals surface area contributed by atoms with E-state index in [1.54, 1.807) is 60.3 Å². The summed E-state index contributed by atoms with van der Waals surface area (Å²) in [5.41, 5.74) is 2.25. The Hall–Kier alpha value is -3.83. The summed E-state index contributed by atoms with van der Waals surface area (Å²) in [7, 11) is 1.55. The summed E-state index contributed by atoms with van der Waals surface area (Å²) in [6.45, 7) is 0. The molecule has 2 atom stereocenters. The van der Waals surface area contributed by atoms with Crippen molar-refractivity contribution in [2.75, 3.05) is 7.11 Å². The lowest BCUT2D eigenvalue weighted by Crippen LogP contribution is -2.16. The van der Waals surface area contributed by atoms with Crippen LogP contribution < -0.4 is 4.74 Å². The molecule has 4 heterocycles. The first kappa shape index (κ1) is 26.4. The van der Waals surface area contributed by atoms with E-state index in [1.165, 1.54) is 10.5 Å². The second-order valence-corrected chi connectivity index (χ2v) is 10.4. The molecule has 6 aromatic rings. The summed E-state index contributed by atoms with van der Waals surface area (Å²) in [6, 6.07) is 17.0. The van der Waals surface area contributed by atoms with Crippen LogP contribution in [0.5, 0.6) is 5.75 Å². The minimum absolute atomic E-state index is 0.0317. The number of rotatable bonds is 6. The first-order chi connectivity index (χ1) is 19.2. The Bertz CT molecular complexity index is 1910. The summed E-state index contributed by atoms with van der Waals surface area (Å²) >= 11 is 9.64.